The molecule has 4 heteroatoms. The van der Waals surface area contributed by atoms with Gasteiger partial charge in [-0.1, -0.05) is 0 Å². The standard InChI is InChI=1S/C12H15NO3/c1-14-10-5-12-11(15-7-16-12)4-8(10)6-13-9-2-3-9/h4-5,9,13H,2-3,6-7H2,1H3. The van der Waals surface area contributed by atoms with E-state index in [0.29, 0.717) is 12.8 Å². The quantitative estimate of drug-likeness (QED) is 0.839. The van der Waals surface area contributed by atoms with Crippen LogP contribution in [0.15, 0.2) is 12.1 Å². The van der Waals surface area contributed by atoms with Crippen LogP contribution in [-0.2, 0) is 6.54 Å². The van der Waals surface area contributed by atoms with E-state index in [1.165, 1.54) is 12.8 Å². The molecular formula is C12H15NO3. The molecule has 1 saturated carbocycles. The van der Waals surface area contributed by atoms with E-state index in [-0.39, 0.29) is 0 Å². The van der Waals surface area contributed by atoms with E-state index in [1.54, 1.807) is 7.11 Å². The summed E-state index contributed by atoms with van der Waals surface area (Å²) >= 11 is 0. The van der Waals surface area contributed by atoms with Crippen LogP contribution in [0, 0.1) is 0 Å². The smallest absolute Gasteiger partial charge is 0.231 e. The van der Waals surface area contributed by atoms with Crippen LogP contribution in [0.5, 0.6) is 17.2 Å². The highest BCUT2D eigenvalue weighted by Crippen LogP contribution is 2.38. The van der Waals surface area contributed by atoms with Crippen molar-refractivity contribution in [1.29, 1.82) is 0 Å². The summed E-state index contributed by atoms with van der Waals surface area (Å²) in [6.45, 7) is 1.13. The van der Waals surface area contributed by atoms with Gasteiger partial charge in [0.1, 0.15) is 5.75 Å². The van der Waals surface area contributed by atoms with Crippen LogP contribution in [0.1, 0.15) is 18.4 Å². The Balaban J connectivity index is 1.83. The van der Waals surface area contributed by atoms with E-state index in [2.05, 4.69) is 5.32 Å². The number of fused-ring (bicyclic) bond motifs is 1. The topological polar surface area (TPSA) is 39.7 Å². The highest BCUT2D eigenvalue weighted by molar-refractivity contribution is 5.51. The van der Waals surface area contributed by atoms with E-state index >= 15 is 0 Å². The predicted octanol–water partition coefficient (Wildman–Crippen LogP) is 1.68. The van der Waals surface area contributed by atoms with E-state index in [9.17, 15) is 0 Å². The number of ether oxygens (including phenoxy) is 3. The molecule has 2 aliphatic rings. The highest BCUT2D eigenvalue weighted by atomic mass is 16.7. The number of benzene rings is 1. The number of hydrogen-bond donors (Lipinski definition) is 1. The lowest BCUT2D eigenvalue weighted by Gasteiger charge is -2.10. The summed E-state index contributed by atoms with van der Waals surface area (Å²) < 4.78 is 16.0. The summed E-state index contributed by atoms with van der Waals surface area (Å²) in [5.41, 5.74) is 1.12. The molecular weight excluding hydrogens is 206 g/mol. The summed E-state index contributed by atoms with van der Waals surface area (Å²) in [5.74, 6) is 2.44. The Morgan fingerprint density at radius 1 is 1.31 bits per heavy atom. The van der Waals surface area contributed by atoms with E-state index in [1.807, 2.05) is 12.1 Å². The van der Waals surface area contributed by atoms with Crippen LogP contribution < -0.4 is 19.5 Å². The maximum Gasteiger partial charge on any atom is 0.231 e. The average Bonchev–Trinajstić information content (AvgIpc) is 3.02. The second-order valence-electron chi connectivity index (χ2n) is 4.17. The van der Waals surface area contributed by atoms with Gasteiger partial charge in [0.05, 0.1) is 7.11 Å². The van der Waals surface area contributed by atoms with Crippen molar-refractivity contribution < 1.29 is 14.2 Å². The van der Waals surface area contributed by atoms with Gasteiger partial charge in [-0.05, 0) is 18.9 Å². The number of methoxy groups -OCH3 is 1. The molecule has 86 valence electrons. The summed E-state index contributed by atoms with van der Waals surface area (Å²) in [6.07, 6.45) is 2.57. The molecule has 0 amide bonds. The average molecular weight is 221 g/mol. The van der Waals surface area contributed by atoms with Gasteiger partial charge in [0, 0.05) is 24.2 Å². The minimum absolute atomic E-state index is 0.304. The molecule has 0 radical (unpaired) electrons. The van der Waals surface area contributed by atoms with Crippen LogP contribution >= 0.6 is 0 Å². The number of nitrogens with one attached hydrogen (secondary N) is 1. The Morgan fingerprint density at radius 3 is 2.75 bits per heavy atom. The molecule has 1 aliphatic carbocycles. The van der Waals surface area contributed by atoms with Gasteiger partial charge in [0.25, 0.3) is 0 Å². The molecule has 0 unspecified atom stereocenters. The van der Waals surface area contributed by atoms with Gasteiger partial charge in [-0.25, -0.2) is 0 Å². The van der Waals surface area contributed by atoms with Crippen molar-refractivity contribution in [2.45, 2.75) is 25.4 Å². The molecule has 4 nitrogen and oxygen atoms in total. The van der Waals surface area contributed by atoms with Gasteiger partial charge in [-0.15, -0.1) is 0 Å². The third-order valence-electron chi connectivity index (χ3n) is 2.93. The largest absolute Gasteiger partial charge is 0.496 e. The predicted molar refractivity (Wildman–Crippen MR) is 59.0 cm³/mol. The molecule has 1 aromatic carbocycles. The fourth-order valence-electron chi connectivity index (χ4n) is 1.84. The molecule has 0 bridgehead atoms. The molecule has 3 rings (SSSR count). The van der Waals surface area contributed by atoms with Crippen LogP contribution in [0.4, 0.5) is 0 Å². The number of rotatable bonds is 4. The first-order valence-electron chi connectivity index (χ1n) is 5.56. The van der Waals surface area contributed by atoms with Crippen LogP contribution in [0.2, 0.25) is 0 Å². The molecule has 1 heterocycles. The molecule has 1 fully saturated rings. The molecule has 16 heavy (non-hydrogen) atoms. The fraction of sp³-hybridized carbons (Fsp3) is 0.500. The van der Waals surface area contributed by atoms with Gasteiger partial charge < -0.3 is 19.5 Å². The zero-order valence-electron chi connectivity index (χ0n) is 9.29. The monoisotopic (exact) mass is 221 g/mol. The molecule has 0 atom stereocenters. The third kappa shape index (κ3) is 1.80. The first kappa shape index (κ1) is 9.78. The lowest BCUT2D eigenvalue weighted by Crippen LogP contribution is -2.15. The third-order valence-corrected chi connectivity index (χ3v) is 2.93. The summed E-state index contributed by atoms with van der Waals surface area (Å²) in [4.78, 5) is 0. The van der Waals surface area contributed by atoms with Crippen molar-refractivity contribution >= 4 is 0 Å². The van der Waals surface area contributed by atoms with Gasteiger partial charge in [0.2, 0.25) is 6.79 Å². The van der Waals surface area contributed by atoms with Crippen molar-refractivity contribution in [2.75, 3.05) is 13.9 Å². The van der Waals surface area contributed by atoms with Gasteiger partial charge in [-0.3, -0.25) is 0 Å². The van der Waals surface area contributed by atoms with Gasteiger partial charge >= 0.3 is 0 Å². The Labute approximate surface area is 94.5 Å². The minimum Gasteiger partial charge on any atom is -0.496 e. The zero-order valence-corrected chi connectivity index (χ0v) is 9.29. The molecule has 1 N–H and O–H groups in total. The fourth-order valence-corrected chi connectivity index (χ4v) is 1.84. The van der Waals surface area contributed by atoms with Gasteiger partial charge in [-0.2, -0.15) is 0 Å². The normalized spacial score (nSPS) is 17.6. The molecule has 1 aromatic rings. The maximum absolute atomic E-state index is 5.36. The summed E-state index contributed by atoms with van der Waals surface area (Å²) in [7, 11) is 1.68. The Bertz CT molecular complexity index is 401. The Hall–Kier alpha value is -1.42. The van der Waals surface area contributed by atoms with Crippen LogP contribution in [-0.4, -0.2) is 19.9 Å². The number of hydrogen-bond acceptors (Lipinski definition) is 4. The second-order valence-corrected chi connectivity index (χ2v) is 4.17. The minimum atomic E-state index is 0.304. The van der Waals surface area contributed by atoms with E-state index in [0.717, 1.165) is 29.4 Å². The van der Waals surface area contributed by atoms with Crippen molar-refractivity contribution in [2.24, 2.45) is 0 Å². The molecule has 0 aromatic heterocycles. The second kappa shape index (κ2) is 3.87. The SMILES string of the molecule is COc1cc2c(cc1CNC1CC1)OCO2. The molecule has 0 spiro atoms. The first-order chi connectivity index (χ1) is 7.86. The zero-order chi connectivity index (χ0) is 11.0. The Kier molecular flexibility index (Phi) is 2.36. The first-order valence-corrected chi connectivity index (χ1v) is 5.56. The van der Waals surface area contributed by atoms with Gasteiger partial charge in [0.15, 0.2) is 11.5 Å². The van der Waals surface area contributed by atoms with Crippen LogP contribution in [0.25, 0.3) is 0 Å². The van der Waals surface area contributed by atoms with Crippen LogP contribution in [0.3, 0.4) is 0 Å². The van der Waals surface area contributed by atoms with Crippen molar-refractivity contribution in [3.8, 4) is 17.2 Å². The van der Waals surface area contributed by atoms with E-state index in [4.69, 9.17) is 14.2 Å². The van der Waals surface area contributed by atoms with Crippen molar-refractivity contribution in [3.63, 3.8) is 0 Å². The summed E-state index contributed by atoms with van der Waals surface area (Å²) in [6, 6.07) is 4.58. The maximum atomic E-state index is 5.36. The summed E-state index contributed by atoms with van der Waals surface area (Å²) in [5, 5.41) is 3.46. The van der Waals surface area contributed by atoms with Crippen molar-refractivity contribution in [3.05, 3.63) is 17.7 Å². The highest BCUT2D eigenvalue weighted by Gasteiger charge is 2.22. The Morgan fingerprint density at radius 2 is 2.06 bits per heavy atom. The lowest BCUT2D eigenvalue weighted by molar-refractivity contribution is 0.174. The van der Waals surface area contributed by atoms with E-state index < -0.39 is 0 Å². The van der Waals surface area contributed by atoms with Crippen molar-refractivity contribution in [1.82, 2.24) is 5.32 Å². The molecule has 0 saturated heterocycles. The molecule has 1 aliphatic heterocycles. The lowest BCUT2D eigenvalue weighted by atomic mass is 10.1.